The second kappa shape index (κ2) is 3.61. The van der Waals surface area contributed by atoms with Crippen LogP contribution >= 0.6 is 27.3 Å². The van der Waals surface area contributed by atoms with Crippen molar-refractivity contribution in [1.82, 2.24) is 4.98 Å². The Hall–Kier alpha value is -0.650. The molecule has 0 saturated heterocycles. The number of hydrogen-bond donors (Lipinski definition) is 1. The summed E-state index contributed by atoms with van der Waals surface area (Å²) in [5.74, 6) is 0.627. The fourth-order valence-corrected chi connectivity index (χ4v) is 2.09. The molecule has 5 heteroatoms. The van der Waals surface area contributed by atoms with E-state index in [2.05, 4.69) is 20.9 Å². The van der Waals surface area contributed by atoms with Gasteiger partial charge in [-0.2, -0.15) is 0 Å². The van der Waals surface area contributed by atoms with Crippen molar-refractivity contribution in [3.05, 3.63) is 27.2 Å². The summed E-state index contributed by atoms with van der Waals surface area (Å²) in [7, 11) is 0. The third-order valence-corrected chi connectivity index (χ3v) is 3.08. The second-order valence-corrected chi connectivity index (χ2v) is 4.78. The van der Waals surface area contributed by atoms with Crippen LogP contribution in [0.25, 0.3) is 11.5 Å². The van der Waals surface area contributed by atoms with Crippen LogP contribution in [-0.4, -0.2) is 4.98 Å². The van der Waals surface area contributed by atoms with Gasteiger partial charge in [0.15, 0.2) is 0 Å². The summed E-state index contributed by atoms with van der Waals surface area (Å²) in [6, 6.07) is 1.97. The van der Waals surface area contributed by atoms with Gasteiger partial charge in [0.2, 0.25) is 5.89 Å². The predicted molar refractivity (Wildman–Crippen MR) is 55.4 cm³/mol. The van der Waals surface area contributed by atoms with Crippen molar-refractivity contribution in [2.24, 2.45) is 5.73 Å². The maximum absolute atomic E-state index is 5.42. The molecule has 2 heterocycles. The molecule has 0 aliphatic carbocycles. The van der Waals surface area contributed by atoms with Gasteiger partial charge in [-0.15, -0.1) is 11.3 Å². The highest BCUT2D eigenvalue weighted by molar-refractivity contribution is 9.11. The highest BCUT2D eigenvalue weighted by Gasteiger charge is 2.07. The lowest BCUT2D eigenvalue weighted by atomic mass is 10.3. The molecule has 0 saturated carbocycles. The molecule has 2 N–H and O–H groups in total. The molecule has 0 unspecified atom stereocenters. The Morgan fingerprint density at radius 3 is 3.00 bits per heavy atom. The van der Waals surface area contributed by atoms with Gasteiger partial charge in [0.25, 0.3) is 0 Å². The Morgan fingerprint density at radius 1 is 1.62 bits per heavy atom. The van der Waals surface area contributed by atoms with Crippen molar-refractivity contribution in [3.63, 3.8) is 0 Å². The largest absolute Gasteiger partial charge is 0.444 e. The molecule has 13 heavy (non-hydrogen) atoms. The van der Waals surface area contributed by atoms with Gasteiger partial charge in [-0.3, -0.25) is 0 Å². The third-order valence-electron chi connectivity index (χ3n) is 1.58. The average Bonchev–Trinajstić information content (AvgIpc) is 2.71. The number of oxazole rings is 1. The zero-order valence-corrected chi connectivity index (χ0v) is 9.06. The highest BCUT2D eigenvalue weighted by atomic mass is 79.9. The van der Waals surface area contributed by atoms with Gasteiger partial charge in [-0.1, -0.05) is 0 Å². The highest BCUT2D eigenvalue weighted by Crippen LogP contribution is 2.28. The molecule has 0 bridgehead atoms. The van der Waals surface area contributed by atoms with Gasteiger partial charge >= 0.3 is 0 Å². The lowest BCUT2D eigenvalue weighted by molar-refractivity contribution is 0.573. The van der Waals surface area contributed by atoms with Crippen molar-refractivity contribution in [3.8, 4) is 11.5 Å². The summed E-state index contributed by atoms with van der Waals surface area (Å²) >= 11 is 4.98. The minimum absolute atomic E-state index is 0.412. The van der Waals surface area contributed by atoms with Gasteiger partial charge < -0.3 is 10.2 Å². The number of thiophene rings is 1. The smallest absolute Gasteiger partial charge is 0.227 e. The Balaban J connectivity index is 2.35. The number of nitrogens with zero attached hydrogens (tertiary/aromatic N) is 1. The van der Waals surface area contributed by atoms with E-state index in [-0.39, 0.29) is 0 Å². The van der Waals surface area contributed by atoms with Gasteiger partial charge in [-0.25, -0.2) is 4.98 Å². The molecule has 0 aliphatic heterocycles. The average molecular weight is 259 g/mol. The van der Waals surface area contributed by atoms with Crippen molar-refractivity contribution in [2.45, 2.75) is 6.54 Å². The topological polar surface area (TPSA) is 52.0 Å². The SMILES string of the molecule is NCc1coc(-c2csc(Br)c2)n1. The lowest BCUT2D eigenvalue weighted by Crippen LogP contribution is -1.95. The first-order valence-corrected chi connectivity index (χ1v) is 5.36. The first-order valence-electron chi connectivity index (χ1n) is 3.68. The van der Waals surface area contributed by atoms with E-state index in [0.29, 0.717) is 12.4 Å². The third kappa shape index (κ3) is 1.82. The predicted octanol–water partition coefficient (Wildman–Crippen LogP) is 2.62. The Morgan fingerprint density at radius 2 is 2.46 bits per heavy atom. The molecule has 2 aromatic rings. The summed E-state index contributed by atoms with van der Waals surface area (Å²) in [6.45, 7) is 0.412. The van der Waals surface area contributed by atoms with Crippen LogP contribution in [0.3, 0.4) is 0 Å². The van der Waals surface area contributed by atoms with Crippen LogP contribution < -0.4 is 5.73 Å². The Labute approximate surface area is 87.7 Å². The van der Waals surface area contributed by atoms with Gasteiger partial charge in [-0.05, 0) is 22.0 Å². The van der Waals surface area contributed by atoms with Crippen molar-refractivity contribution in [1.29, 1.82) is 0 Å². The minimum Gasteiger partial charge on any atom is -0.444 e. The standard InChI is InChI=1S/C8H7BrN2OS/c9-7-1-5(4-13-7)8-11-6(2-10)3-12-8/h1,3-4H,2,10H2. The molecule has 0 atom stereocenters. The molecular weight excluding hydrogens is 252 g/mol. The Bertz CT molecular complexity index is 410. The normalized spacial score (nSPS) is 10.6. The van der Waals surface area contributed by atoms with Crippen LogP contribution in [0.4, 0.5) is 0 Å². The Kier molecular flexibility index (Phi) is 2.48. The summed E-state index contributed by atoms with van der Waals surface area (Å²) in [5, 5.41) is 1.98. The van der Waals surface area contributed by atoms with E-state index >= 15 is 0 Å². The van der Waals surface area contributed by atoms with Crippen LogP contribution in [0.5, 0.6) is 0 Å². The summed E-state index contributed by atoms with van der Waals surface area (Å²) in [6.07, 6.45) is 1.58. The van der Waals surface area contributed by atoms with Gasteiger partial charge in [0.1, 0.15) is 6.26 Å². The second-order valence-electron chi connectivity index (χ2n) is 2.49. The summed E-state index contributed by atoms with van der Waals surface area (Å²) in [5.41, 5.74) is 7.18. The zero-order valence-electron chi connectivity index (χ0n) is 6.66. The quantitative estimate of drug-likeness (QED) is 0.901. The van der Waals surface area contributed by atoms with E-state index in [1.165, 1.54) is 0 Å². The van der Waals surface area contributed by atoms with E-state index in [1.807, 2.05) is 11.4 Å². The maximum Gasteiger partial charge on any atom is 0.227 e. The van der Waals surface area contributed by atoms with E-state index in [9.17, 15) is 0 Å². The van der Waals surface area contributed by atoms with Crippen LogP contribution in [0.15, 0.2) is 25.9 Å². The summed E-state index contributed by atoms with van der Waals surface area (Å²) < 4.78 is 6.31. The zero-order chi connectivity index (χ0) is 9.26. The molecule has 0 aliphatic rings. The van der Waals surface area contributed by atoms with Crippen molar-refractivity contribution in [2.75, 3.05) is 0 Å². The monoisotopic (exact) mass is 258 g/mol. The molecule has 0 amide bonds. The van der Waals surface area contributed by atoms with Crippen molar-refractivity contribution < 1.29 is 4.42 Å². The van der Waals surface area contributed by atoms with Crippen LogP contribution in [0.1, 0.15) is 5.69 Å². The van der Waals surface area contributed by atoms with Crippen molar-refractivity contribution >= 4 is 27.3 Å². The van der Waals surface area contributed by atoms with Crippen LogP contribution in [-0.2, 0) is 6.54 Å². The first kappa shape index (κ1) is 8.93. The van der Waals surface area contributed by atoms with E-state index in [0.717, 1.165) is 15.0 Å². The van der Waals surface area contributed by atoms with Gasteiger partial charge in [0, 0.05) is 17.5 Å². The van der Waals surface area contributed by atoms with E-state index in [1.54, 1.807) is 17.6 Å². The number of rotatable bonds is 2. The number of halogens is 1. The number of hydrogen-bond acceptors (Lipinski definition) is 4. The first-order chi connectivity index (χ1) is 6.29. The molecule has 3 nitrogen and oxygen atoms in total. The molecule has 2 aromatic heterocycles. The van der Waals surface area contributed by atoms with Crippen LogP contribution in [0, 0.1) is 0 Å². The molecular formula is C8H7BrN2OS. The molecule has 0 aromatic carbocycles. The van der Waals surface area contributed by atoms with Gasteiger partial charge in [0.05, 0.1) is 9.48 Å². The lowest BCUT2D eigenvalue weighted by Gasteiger charge is -1.85. The molecule has 2 rings (SSSR count). The molecule has 0 fully saturated rings. The summed E-state index contributed by atoms with van der Waals surface area (Å²) in [4.78, 5) is 4.21. The number of nitrogens with two attached hydrogens (primary N) is 1. The van der Waals surface area contributed by atoms with Crippen LogP contribution in [0.2, 0.25) is 0 Å². The molecule has 68 valence electrons. The van der Waals surface area contributed by atoms with E-state index in [4.69, 9.17) is 10.2 Å². The molecule has 0 radical (unpaired) electrons. The fraction of sp³-hybridized carbons (Fsp3) is 0.125. The van der Waals surface area contributed by atoms with E-state index < -0.39 is 0 Å². The molecule has 0 spiro atoms. The minimum atomic E-state index is 0.412. The number of aromatic nitrogens is 1. The fourth-order valence-electron chi connectivity index (χ4n) is 0.956. The maximum atomic E-state index is 5.42.